The Kier molecular flexibility index (Phi) is 3.09. The summed E-state index contributed by atoms with van der Waals surface area (Å²) < 4.78 is 13.2. The number of fused-ring (bicyclic) bond motifs is 1. The van der Waals surface area contributed by atoms with Gasteiger partial charge in [0.05, 0.1) is 22.9 Å². The van der Waals surface area contributed by atoms with Crippen LogP contribution in [0.25, 0.3) is 11.0 Å². The number of nitrogens with one attached hydrogen (secondary N) is 2. The Hall–Kier alpha value is -3.20. The van der Waals surface area contributed by atoms with Crippen LogP contribution in [0.3, 0.4) is 0 Å². The highest BCUT2D eigenvalue weighted by atomic mass is 19.1. The van der Waals surface area contributed by atoms with E-state index in [1.54, 1.807) is 30.6 Å². The number of amides is 1. The maximum atomic E-state index is 13.2. The van der Waals surface area contributed by atoms with Gasteiger partial charge in [-0.3, -0.25) is 4.79 Å². The van der Waals surface area contributed by atoms with Crippen molar-refractivity contribution >= 4 is 22.6 Å². The Bertz CT molecular complexity index is 879. The van der Waals surface area contributed by atoms with Crippen LogP contribution in [0.15, 0.2) is 42.7 Å². The number of benzene rings is 2. The van der Waals surface area contributed by atoms with Gasteiger partial charge in [0.2, 0.25) is 0 Å². The van der Waals surface area contributed by atoms with Crippen LogP contribution in [0.2, 0.25) is 0 Å². The topological polar surface area (TPSA) is 81.6 Å². The predicted molar refractivity (Wildman–Crippen MR) is 75.2 cm³/mol. The molecule has 6 heteroatoms. The fourth-order valence-electron chi connectivity index (χ4n) is 1.97. The lowest BCUT2D eigenvalue weighted by Gasteiger charge is -2.06. The van der Waals surface area contributed by atoms with E-state index in [0.29, 0.717) is 11.3 Å². The lowest BCUT2D eigenvalue weighted by molar-refractivity contribution is 0.102. The van der Waals surface area contributed by atoms with E-state index in [0.717, 1.165) is 17.1 Å². The van der Waals surface area contributed by atoms with Crippen LogP contribution in [-0.4, -0.2) is 15.9 Å². The molecule has 1 amide bonds. The second kappa shape index (κ2) is 5.06. The monoisotopic (exact) mass is 280 g/mol. The van der Waals surface area contributed by atoms with Crippen molar-refractivity contribution in [3.05, 3.63) is 59.7 Å². The molecule has 0 bridgehead atoms. The van der Waals surface area contributed by atoms with Gasteiger partial charge in [-0.2, -0.15) is 5.26 Å². The van der Waals surface area contributed by atoms with Crippen LogP contribution in [0.1, 0.15) is 15.9 Å². The average molecular weight is 280 g/mol. The van der Waals surface area contributed by atoms with Crippen LogP contribution in [0.4, 0.5) is 10.1 Å². The zero-order chi connectivity index (χ0) is 14.8. The smallest absolute Gasteiger partial charge is 0.255 e. The fraction of sp³-hybridized carbons (Fsp3) is 0. The van der Waals surface area contributed by atoms with Crippen molar-refractivity contribution in [2.24, 2.45) is 0 Å². The fourth-order valence-corrected chi connectivity index (χ4v) is 1.97. The molecule has 0 radical (unpaired) electrons. The number of halogens is 1. The van der Waals surface area contributed by atoms with Crippen LogP contribution in [-0.2, 0) is 0 Å². The molecule has 5 nitrogen and oxygen atoms in total. The van der Waals surface area contributed by atoms with E-state index in [-0.39, 0.29) is 11.5 Å². The van der Waals surface area contributed by atoms with Crippen LogP contribution >= 0.6 is 0 Å². The maximum Gasteiger partial charge on any atom is 0.255 e. The third-order valence-corrected chi connectivity index (χ3v) is 3.03. The van der Waals surface area contributed by atoms with Gasteiger partial charge in [0, 0.05) is 11.3 Å². The standard InChI is InChI=1S/C15H9FN4O/c16-12-3-2-11(5-10(12)7-17)20-15(21)9-1-4-13-14(6-9)19-8-18-13/h1-6,8H,(H,18,19)(H,20,21). The number of anilines is 1. The summed E-state index contributed by atoms with van der Waals surface area (Å²) in [6.07, 6.45) is 1.55. The molecule has 0 fully saturated rings. The highest BCUT2D eigenvalue weighted by molar-refractivity contribution is 6.05. The van der Waals surface area contributed by atoms with Crippen molar-refractivity contribution in [2.75, 3.05) is 5.32 Å². The summed E-state index contributed by atoms with van der Waals surface area (Å²) in [5.74, 6) is -0.962. The van der Waals surface area contributed by atoms with Gasteiger partial charge in [-0.1, -0.05) is 0 Å². The lowest BCUT2D eigenvalue weighted by Crippen LogP contribution is -2.12. The number of H-pyrrole nitrogens is 1. The third kappa shape index (κ3) is 2.44. The Morgan fingerprint density at radius 1 is 1.29 bits per heavy atom. The predicted octanol–water partition coefficient (Wildman–Crippen LogP) is 2.83. The first-order chi connectivity index (χ1) is 10.2. The largest absolute Gasteiger partial charge is 0.345 e. The van der Waals surface area contributed by atoms with Crippen LogP contribution in [0.5, 0.6) is 0 Å². The van der Waals surface area contributed by atoms with E-state index in [9.17, 15) is 9.18 Å². The van der Waals surface area contributed by atoms with Gasteiger partial charge in [-0.15, -0.1) is 0 Å². The molecule has 3 aromatic rings. The van der Waals surface area contributed by atoms with E-state index in [1.807, 2.05) is 0 Å². The molecule has 3 rings (SSSR count). The van der Waals surface area contributed by atoms with Crippen LogP contribution in [0, 0.1) is 17.1 Å². The number of carbonyl (C=O) groups is 1. The molecule has 0 saturated carbocycles. The number of aromatic amines is 1. The van der Waals surface area contributed by atoms with E-state index in [1.165, 1.54) is 12.1 Å². The minimum atomic E-state index is -0.616. The molecular formula is C15H9FN4O. The molecule has 0 unspecified atom stereocenters. The minimum absolute atomic E-state index is 0.114. The summed E-state index contributed by atoms with van der Waals surface area (Å²) in [5, 5.41) is 11.4. The summed E-state index contributed by atoms with van der Waals surface area (Å²) in [5.41, 5.74) is 2.20. The van der Waals surface area contributed by atoms with E-state index in [2.05, 4.69) is 15.3 Å². The first-order valence-corrected chi connectivity index (χ1v) is 6.11. The molecular weight excluding hydrogens is 271 g/mol. The molecule has 2 N–H and O–H groups in total. The maximum absolute atomic E-state index is 13.2. The number of hydrogen-bond acceptors (Lipinski definition) is 3. The highest BCUT2D eigenvalue weighted by Gasteiger charge is 2.09. The summed E-state index contributed by atoms with van der Waals surface area (Å²) in [7, 11) is 0. The van der Waals surface area contributed by atoms with Gasteiger partial charge in [-0.25, -0.2) is 9.37 Å². The summed E-state index contributed by atoms with van der Waals surface area (Å²) in [6.45, 7) is 0. The Morgan fingerprint density at radius 3 is 2.95 bits per heavy atom. The Balaban J connectivity index is 1.87. The quantitative estimate of drug-likeness (QED) is 0.757. The second-order valence-corrected chi connectivity index (χ2v) is 4.40. The van der Waals surface area contributed by atoms with Crippen molar-refractivity contribution in [2.45, 2.75) is 0 Å². The molecule has 0 aliphatic rings. The molecule has 0 aliphatic heterocycles. The molecule has 21 heavy (non-hydrogen) atoms. The van der Waals surface area contributed by atoms with Crippen molar-refractivity contribution in [1.29, 1.82) is 5.26 Å². The molecule has 2 aromatic carbocycles. The zero-order valence-corrected chi connectivity index (χ0v) is 10.7. The number of aromatic nitrogens is 2. The van der Waals surface area contributed by atoms with E-state index < -0.39 is 5.82 Å². The summed E-state index contributed by atoms with van der Waals surface area (Å²) >= 11 is 0. The molecule has 1 aromatic heterocycles. The number of nitriles is 1. The van der Waals surface area contributed by atoms with Gasteiger partial charge in [0.15, 0.2) is 0 Å². The third-order valence-electron chi connectivity index (χ3n) is 3.03. The number of nitrogens with zero attached hydrogens (tertiary/aromatic N) is 2. The number of hydrogen-bond donors (Lipinski definition) is 2. The van der Waals surface area contributed by atoms with Crippen LogP contribution < -0.4 is 5.32 Å². The molecule has 0 spiro atoms. The average Bonchev–Trinajstić information content (AvgIpc) is 2.96. The first kappa shape index (κ1) is 12.8. The van der Waals surface area contributed by atoms with Gasteiger partial charge in [0.25, 0.3) is 5.91 Å². The second-order valence-electron chi connectivity index (χ2n) is 4.40. The normalized spacial score (nSPS) is 10.3. The SMILES string of the molecule is N#Cc1cc(NC(=O)c2ccc3nc[nH]c3c2)ccc1F. The molecule has 0 aliphatic carbocycles. The van der Waals surface area contributed by atoms with Crippen molar-refractivity contribution in [1.82, 2.24) is 9.97 Å². The molecule has 102 valence electrons. The Morgan fingerprint density at radius 2 is 2.14 bits per heavy atom. The molecule has 0 atom stereocenters. The highest BCUT2D eigenvalue weighted by Crippen LogP contribution is 2.16. The van der Waals surface area contributed by atoms with Gasteiger partial charge >= 0.3 is 0 Å². The first-order valence-electron chi connectivity index (χ1n) is 6.11. The number of imidazole rings is 1. The lowest BCUT2D eigenvalue weighted by atomic mass is 10.1. The van der Waals surface area contributed by atoms with Gasteiger partial charge in [-0.05, 0) is 36.4 Å². The van der Waals surface area contributed by atoms with Crippen molar-refractivity contribution < 1.29 is 9.18 Å². The number of carbonyl (C=O) groups excluding carboxylic acids is 1. The Labute approximate surface area is 119 Å². The molecule has 1 heterocycles. The summed E-state index contributed by atoms with van der Waals surface area (Å²) in [4.78, 5) is 19.1. The van der Waals surface area contributed by atoms with Gasteiger partial charge in [0.1, 0.15) is 11.9 Å². The number of rotatable bonds is 2. The minimum Gasteiger partial charge on any atom is -0.345 e. The zero-order valence-electron chi connectivity index (χ0n) is 10.7. The van der Waals surface area contributed by atoms with Crippen molar-refractivity contribution in [3.8, 4) is 6.07 Å². The van der Waals surface area contributed by atoms with Gasteiger partial charge < -0.3 is 10.3 Å². The van der Waals surface area contributed by atoms with Crippen molar-refractivity contribution in [3.63, 3.8) is 0 Å². The summed E-state index contributed by atoms with van der Waals surface area (Å²) in [6, 6.07) is 10.6. The van der Waals surface area contributed by atoms with E-state index in [4.69, 9.17) is 5.26 Å². The molecule has 0 saturated heterocycles. The van der Waals surface area contributed by atoms with E-state index >= 15 is 0 Å².